The van der Waals surface area contributed by atoms with Gasteiger partial charge in [0, 0.05) is 45.2 Å². The van der Waals surface area contributed by atoms with Crippen LogP contribution in [0, 0.1) is 6.92 Å². The van der Waals surface area contributed by atoms with Gasteiger partial charge in [-0.1, -0.05) is 0 Å². The first-order chi connectivity index (χ1) is 13.6. The van der Waals surface area contributed by atoms with Crippen LogP contribution in [-0.2, 0) is 11.2 Å². The van der Waals surface area contributed by atoms with Crippen molar-refractivity contribution in [3.05, 3.63) is 41.9 Å². The highest BCUT2D eigenvalue weighted by molar-refractivity contribution is 5.89. The molecule has 1 amide bonds. The van der Waals surface area contributed by atoms with Gasteiger partial charge in [-0.15, -0.1) is 15.3 Å². The summed E-state index contributed by atoms with van der Waals surface area (Å²) in [4.78, 5) is 21.0. The van der Waals surface area contributed by atoms with Crippen molar-refractivity contribution in [3.63, 3.8) is 0 Å². The van der Waals surface area contributed by atoms with Gasteiger partial charge in [0.25, 0.3) is 0 Å². The maximum Gasteiger partial charge on any atom is 0.225 e. The molecule has 9 heteroatoms. The number of amides is 1. The highest BCUT2D eigenvalue weighted by atomic mass is 16.1. The SMILES string of the molecule is Cc1ccnc(NC(=O)CCc2nnc3ccc(N4CCN(C)CC4)nn23)c1. The third kappa shape index (κ3) is 4.09. The van der Waals surface area contributed by atoms with E-state index >= 15 is 0 Å². The zero-order chi connectivity index (χ0) is 19.5. The number of carbonyl (C=O) groups is 1. The minimum atomic E-state index is -0.106. The van der Waals surface area contributed by atoms with Crippen molar-refractivity contribution in [1.29, 1.82) is 0 Å². The van der Waals surface area contributed by atoms with Crippen molar-refractivity contribution in [2.45, 2.75) is 19.8 Å². The molecule has 3 aromatic rings. The van der Waals surface area contributed by atoms with Gasteiger partial charge in [-0.2, -0.15) is 4.52 Å². The second-order valence-corrected chi connectivity index (χ2v) is 7.13. The van der Waals surface area contributed by atoms with Crippen LogP contribution in [0.15, 0.2) is 30.5 Å². The number of aryl methyl sites for hydroxylation is 2. The molecule has 1 aliphatic rings. The van der Waals surface area contributed by atoms with Crippen LogP contribution in [0.2, 0.25) is 0 Å². The van der Waals surface area contributed by atoms with Crippen LogP contribution in [-0.4, -0.2) is 68.8 Å². The highest BCUT2D eigenvalue weighted by Crippen LogP contribution is 2.15. The summed E-state index contributed by atoms with van der Waals surface area (Å²) in [5, 5.41) is 15.9. The topological polar surface area (TPSA) is 91.5 Å². The number of anilines is 2. The third-order valence-electron chi connectivity index (χ3n) is 4.90. The van der Waals surface area contributed by atoms with Crippen LogP contribution >= 0.6 is 0 Å². The summed E-state index contributed by atoms with van der Waals surface area (Å²) in [5.41, 5.74) is 1.74. The second-order valence-electron chi connectivity index (χ2n) is 7.13. The standard InChI is InChI=1S/C19H24N8O/c1-14-7-8-20-15(13-14)21-19(28)6-5-17-23-22-16-3-4-18(24-27(16)17)26-11-9-25(2)10-12-26/h3-4,7-8,13H,5-6,9-12H2,1-2H3,(H,20,21,28). The predicted molar refractivity (Wildman–Crippen MR) is 106 cm³/mol. The molecule has 0 saturated carbocycles. The van der Waals surface area contributed by atoms with E-state index in [-0.39, 0.29) is 12.3 Å². The van der Waals surface area contributed by atoms with Crippen LogP contribution in [0.5, 0.6) is 0 Å². The first kappa shape index (κ1) is 18.3. The van der Waals surface area contributed by atoms with Crippen LogP contribution in [0.1, 0.15) is 17.8 Å². The van der Waals surface area contributed by atoms with Crippen molar-refractivity contribution in [2.24, 2.45) is 0 Å². The number of fused-ring (bicyclic) bond motifs is 1. The lowest BCUT2D eigenvalue weighted by molar-refractivity contribution is -0.116. The van der Waals surface area contributed by atoms with Crippen molar-refractivity contribution < 1.29 is 4.79 Å². The lowest BCUT2D eigenvalue weighted by Gasteiger charge is -2.33. The number of aromatic nitrogens is 5. The van der Waals surface area contributed by atoms with E-state index < -0.39 is 0 Å². The molecule has 3 aromatic heterocycles. The van der Waals surface area contributed by atoms with Gasteiger partial charge in [0.15, 0.2) is 11.5 Å². The number of nitrogens with one attached hydrogen (secondary N) is 1. The monoisotopic (exact) mass is 380 g/mol. The van der Waals surface area contributed by atoms with E-state index in [0.29, 0.717) is 23.7 Å². The van der Waals surface area contributed by atoms with Gasteiger partial charge in [-0.25, -0.2) is 4.98 Å². The smallest absolute Gasteiger partial charge is 0.225 e. The first-order valence-corrected chi connectivity index (χ1v) is 9.46. The van der Waals surface area contributed by atoms with E-state index in [1.54, 1.807) is 10.7 Å². The fourth-order valence-corrected chi connectivity index (χ4v) is 3.22. The fourth-order valence-electron chi connectivity index (χ4n) is 3.22. The van der Waals surface area contributed by atoms with Crippen molar-refractivity contribution in [1.82, 2.24) is 29.7 Å². The van der Waals surface area contributed by atoms with Gasteiger partial charge in [-0.05, 0) is 43.8 Å². The Hall–Kier alpha value is -3.07. The largest absolute Gasteiger partial charge is 0.353 e. The Morgan fingerprint density at radius 3 is 2.75 bits per heavy atom. The molecule has 0 spiro atoms. The van der Waals surface area contributed by atoms with Gasteiger partial charge in [-0.3, -0.25) is 4.79 Å². The molecule has 4 heterocycles. The van der Waals surface area contributed by atoms with Crippen molar-refractivity contribution in [3.8, 4) is 0 Å². The molecule has 0 bridgehead atoms. The highest BCUT2D eigenvalue weighted by Gasteiger charge is 2.17. The number of carbonyl (C=O) groups excluding carboxylic acids is 1. The van der Waals surface area contributed by atoms with E-state index in [4.69, 9.17) is 5.10 Å². The van der Waals surface area contributed by atoms with Gasteiger partial charge in [0.1, 0.15) is 11.6 Å². The number of pyridine rings is 1. The maximum atomic E-state index is 12.3. The molecule has 1 N–H and O–H groups in total. The Morgan fingerprint density at radius 1 is 1.14 bits per heavy atom. The number of nitrogens with zero attached hydrogens (tertiary/aromatic N) is 7. The Morgan fingerprint density at radius 2 is 1.96 bits per heavy atom. The van der Waals surface area contributed by atoms with E-state index in [2.05, 4.69) is 37.3 Å². The molecule has 9 nitrogen and oxygen atoms in total. The second kappa shape index (κ2) is 7.89. The summed E-state index contributed by atoms with van der Waals surface area (Å²) in [6.07, 6.45) is 2.43. The lowest BCUT2D eigenvalue weighted by Crippen LogP contribution is -2.45. The minimum absolute atomic E-state index is 0.106. The van der Waals surface area contributed by atoms with Crippen molar-refractivity contribution >= 4 is 23.2 Å². The van der Waals surface area contributed by atoms with E-state index in [0.717, 1.165) is 37.6 Å². The van der Waals surface area contributed by atoms with Crippen LogP contribution in [0.25, 0.3) is 5.65 Å². The molecule has 0 aromatic carbocycles. The summed E-state index contributed by atoms with van der Waals surface area (Å²) in [6.45, 7) is 5.88. The summed E-state index contributed by atoms with van der Waals surface area (Å²) < 4.78 is 1.74. The summed E-state index contributed by atoms with van der Waals surface area (Å²) in [6, 6.07) is 7.64. The Labute approximate surface area is 163 Å². The summed E-state index contributed by atoms with van der Waals surface area (Å²) >= 11 is 0. The summed E-state index contributed by atoms with van der Waals surface area (Å²) in [5.74, 6) is 2.05. The average molecular weight is 380 g/mol. The van der Waals surface area contributed by atoms with Crippen LogP contribution < -0.4 is 10.2 Å². The average Bonchev–Trinajstić information content (AvgIpc) is 3.09. The molecule has 0 radical (unpaired) electrons. The Kier molecular flexibility index (Phi) is 5.16. The van der Waals surface area contributed by atoms with Crippen molar-refractivity contribution in [2.75, 3.05) is 43.4 Å². The number of likely N-dealkylation sites (N-methyl/N-ethyl adjacent to an activating group) is 1. The van der Waals surface area contributed by atoms with Gasteiger partial charge in [0.2, 0.25) is 5.91 Å². The molecule has 146 valence electrons. The molecule has 0 aliphatic carbocycles. The maximum absolute atomic E-state index is 12.3. The minimum Gasteiger partial charge on any atom is -0.353 e. The molecule has 0 unspecified atom stereocenters. The molecule has 28 heavy (non-hydrogen) atoms. The third-order valence-corrected chi connectivity index (χ3v) is 4.90. The summed E-state index contributed by atoms with van der Waals surface area (Å²) in [7, 11) is 2.13. The number of hydrogen-bond acceptors (Lipinski definition) is 7. The molecule has 4 rings (SSSR count). The first-order valence-electron chi connectivity index (χ1n) is 9.46. The zero-order valence-electron chi connectivity index (χ0n) is 16.2. The van der Waals surface area contributed by atoms with Crippen LogP contribution in [0.4, 0.5) is 11.6 Å². The quantitative estimate of drug-likeness (QED) is 0.710. The number of rotatable bonds is 5. The van der Waals surface area contributed by atoms with Crippen LogP contribution in [0.3, 0.4) is 0 Å². The molecule has 1 saturated heterocycles. The van der Waals surface area contributed by atoms with Gasteiger partial charge in [0.05, 0.1) is 0 Å². The Balaban J connectivity index is 1.43. The van der Waals surface area contributed by atoms with E-state index in [1.165, 1.54) is 0 Å². The number of hydrogen-bond donors (Lipinski definition) is 1. The molecular weight excluding hydrogens is 356 g/mol. The molecular formula is C19H24N8O. The molecule has 1 fully saturated rings. The Bertz CT molecular complexity index is 977. The van der Waals surface area contributed by atoms with E-state index in [9.17, 15) is 4.79 Å². The lowest BCUT2D eigenvalue weighted by atomic mass is 10.2. The van der Waals surface area contributed by atoms with Gasteiger partial charge >= 0.3 is 0 Å². The van der Waals surface area contributed by atoms with Gasteiger partial charge < -0.3 is 15.1 Å². The van der Waals surface area contributed by atoms with E-state index in [1.807, 2.05) is 31.2 Å². The fraction of sp³-hybridized carbons (Fsp3) is 0.421. The number of piperazine rings is 1. The normalized spacial score (nSPS) is 15.1. The molecule has 0 atom stereocenters. The molecule has 1 aliphatic heterocycles. The predicted octanol–water partition coefficient (Wildman–Crippen LogP) is 1.15. The zero-order valence-corrected chi connectivity index (χ0v) is 16.2.